The summed E-state index contributed by atoms with van der Waals surface area (Å²) < 4.78 is 1.28. The standard InChI is InChI=1S/C11H11N5O3/c1-14(2)11(17)8-3-4-9(10(5-8)16(18)19)15-7-12-6-13-15/h3-7H,1-2H3. The van der Waals surface area contributed by atoms with Gasteiger partial charge in [0.25, 0.3) is 11.6 Å². The molecule has 2 aromatic rings. The third kappa shape index (κ3) is 2.41. The van der Waals surface area contributed by atoms with Crippen LogP contribution in [-0.4, -0.2) is 44.6 Å². The van der Waals surface area contributed by atoms with Gasteiger partial charge < -0.3 is 4.90 Å². The van der Waals surface area contributed by atoms with Gasteiger partial charge in [0.15, 0.2) is 0 Å². The van der Waals surface area contributed by atoms with Crippen molar-refractivity contribution in [2.24, 2.45) is 0 Å². The lowest BCUT2D eigenvalue weighted by atomic mass is 10.1. The number of aromatic nitrogens is 3. The van der Waals surface area contributed by atoms with Gasteiger partial charge in [-0.2, -0.15) is 5.10 Å². The molecule has 0 spiro atoms. The second-order valence-electron chi connectivity index (χ2n) is 4.00. The molecule has 0 unspecified atom stereocenters. The van der Waals surface area contributed by atoms with Crippen LogP contribution in [0.2, 0.25) is 0 Å². The molecule has 1 aromatic carbocycles. The maximum Gasteiger partial charge on any atom is 0.295 e. The van der Waals surface area contributed by atoms with Gasteiger partial charge in [0.05, 0.1) is 4.92 Å². The van der Waals surface area contributed by atoms with Gasteiger partial charge in [0.1, 0.15) is 18.3 Å². The molecule has 0 fully saturated rings. The van der Waals surface area contributed by atoms with E-state index in [-0.39, 0.29) is 22.8 Å². The minimum Gasteiger partial charge on any atom is -0.345 e. The molecule has 0 atom stereocenters. The van der Waals surface area contributed by atoms with E-state index in [1.165, 1.54) is 40.4 Å². The molecule has 1 aromatic heterocycles. The highest BCUT2D eigenvalue weighted by molar-refractivity contribution is 5.95. The van der Waals surface area contributed by atoms with Gasteiger partial charge in [-0.25, -0.2) is 9.67 Å². The van der Waals surface area contributed by atoms with Crippen LogP contribution in [0.4, 0.5) is 5.69 Å². The summed E-state index contributed by atoms with van der Waals surface area (Å²) in [6.07, 6.45) is 2.64. The monoisotopic (exact) mass is 261 g/mol. The molecule has 19 heavy (non-hydrogen) atoms. The summed E-state index contributed by atoms with van der Waals surface area (Å²) in [4.78, 5) is 27.4. The Morgan fingerprint density at radius 3 is 2.68 bits per heavy atom. The van der Waals surface area contributed by atoms with Gasteiger partial charge in [-0.3, -0.25) is 14.9 Å². The third-order valence-electron chi connectivity index (χ3n) is 2.49. The second kappa shape index (κ2) is 4.84. The van der Waals surface area contributed by atoms with Gasteiger partial charge >= 0.3 is 0 Å². The fourth-order valence-electron chi connectivity index (χ4n) is 1.59. The van der Waals surface area contributed by atoms with Crippen LogP contribution >= 0.6 is 0 Å². The van der Waals surface area contributed by atoms with Crippen LogP contribution in [0.1, 0.15) is 10.4 Å². The van der Waals surface area contributed by atoms with E-state index < -0.39 is 4.92 Å². The van der Waals surface area contributed by atoms with Gasteiger partial charge in [0.2, 0.25) is 0 Å². The number of carbonyl (C=O) groups is 1. The molecule has 8 heteroatoms. The Morgan fingerprint density at radius 2 is 2.16 bits per heavy atom. The molecule has 8 nitrogen and oxygen atoms in total. The smallest absolute Gasteiger partial charge is 0.295 e. The van der Waals surface area contributed by atoms with Crippen molar-refractivity contribution >= 4 is 11.6 Å². The van der Waals surface area contributed by atoms with E-state index in [0.29, 0.717) is 0 Å². The number of carbonyl (C=O) groups excluding carboxylic acids is 1. The highest BCUT2D eigenvalue weighted by Gasteiger charge is 2.19. The predicted octanol–water partition coefficient (Wildman–Crippen LogP) is 0.877. The van der Waals surface area contributed by atoms with E-state index in [1.807, 2.05) is 0 Å². The van der Waals surface area contributed by atoms with Crippen LogP contribution in [-0.2, 0) is 0 Å². The highest BCUT2D eigenvalue weighted by Crippen LogP contribution is 2.23. The molecule has 1 amide bonds. The Balaban J connectivity index is 2.54. The quantitative estimate of drug-likeness (QED) is 0.603. The van der Waals surface area contributed by atoms with Gasteiger partial charge in [-0.1, -0.05) is 0 Å². The Hall–Kier alpha value is -2.77. The van der Waals surface area contributed by atoms with Crippen LogP contribution in [0, 0.1) is 10.1 Å². The summed E-state index contributed by atoms with van der Waals surface area (Å²) in [5.41, 5.74) is 0.316. The van der Waals surface area contributed by atoms with Crippen molar-refractivity contribution in [3.05, 3.63) is 46.5 Å². The molecule has 0 aliphatic rings. The lowest BCUT2D eigenvalue weighted by Crippen LogP contribution is -2.21. The first-order valence-electron chi connectivity index (χ1n) is 5.36. The van der Waals surface area contributed by atoms with E-state index in [2.05, 4.69) is 10.1 Å². The first kappa shape index (κ1) is 12.7. The Labute approximate surface area is 108 Å². The lowest BCUT2D eigenvalue weighted by Gasteiger charge is -2.10. The van der Waals surface area contributed by atoms with E-state index in [1.54, 1.807) is 14.1 Å². The molecule has 98 valence electrons. The Kier molecular flexibility index (Phi) is 3.23. The summed E-state index contributed by atoms with van der Waals surface area (Å²) in [6, 6.07) is 4.23. The highest BCUT2D eigenvalue weighted by atomic mass is 16.6. The van der Waals surface area contributed by atoms with Crippen LogP contribution in [0.3, 0.4) is 0 Å². The summed E-state index contributed by atoms with van der Waals surface area (Å²) >= 11 is 0. The van der Waals surface area contributed by atoms with Crippen LogP contribution in [0.25, 0.3) is 5.69 Å². The number of nitrogens with zero attached hydrogens (tertiary/aromatic N) is 5. The van der Waals surface area contributed by atoms with Crippen molar-refractivity contribution in [1.29, 1.82) is 0 Å². The van der Waals surface area contributed by atoms with Crippen LogP contribution in [0.5, 0.6) is 0 Å². The number of amides is 1. The fourth-order valence-corrected chi connectivity index (χ4v) is 1.59. The maximum absolute atomic E-state index is 11.8. The predicted molar refractivity (Wildman–Crippen MR) is 66.0 cm³/mol. The van der Waals surface area contributed by atoms with E-state index in [9.17, 15) is 14.9 Å². The first-order chi connectivity index (χ1) is 9.00. The summed E-state index contributed by atoms with van der Waals surface area (Å²) in [5, 5.41) is 14.9. The molecule has 0 radical (unpaired) electrons. The number of rotatable bonds is 3. The maximum atomic E-state index is 11.8. The summed E-state index contributed by atoms with van der Waals surface area (Å²) in [7, 11) is 3.17. The Bertz CT molecular complexity index is 621. The number of nitro benzene ring substituents is 1. The lowest BCUT2D eigenvalue weighted by molar-refractivity contribution is -0.384. The zero-order valence-corrected chi connectivity index (χ0v) is 10.3. The minimum absolute atomic E-state index is 0.196. The molecular weight excluding hydrogens is 250 g/mol. The number of benzene rings is 1. The summed E-state index contributed by atoms with van der Waals surface area (Å²) in [6.45, 7) is 0. The third-order valence-corrected chi connectivity index (χ3v) is 2.49. The van der Waals surface area contributed by atoms with Crippen molar-refractivity contribution < 1.29 is 9.72 Å². The van der Waals surface area contributed by atoms with Crippen molar-refractivity contribution in [2.45, 2.75) is 0 Å². The molecule has 2 rings (SSSR count). The van der Waals surface area contributed by atoms with Crippen LogP contribution in [0.15, 0.2) is 30.9 Å². The average molecular weight is 261 g/mol. The van der Waals surface area contributed by atoms with Crippen LogP contribution < -0.4 is 0 Å². The van der Waals surface area contributed by atoms with E-state index >= 15 is 0 Å². The fraction of sp³-hybridized carbons (Fsp3) is 0.182. The number of hydrogen-bond acceptors (Lipinski definition) is 5. The molecule has 0 aliphatic carbocycles. The first-order valence-corrected chi connectivity index (χ1v) is 5.36. The van der Waals surface area contributed by atoms with Gasteiger partial charge in [-0.05, 0) is 12.1 Å². The Morgan fingerprint density at radius 1 is 1.42 bits per heavy atom. The number of hydrogen-bond donors (Lipinski definition) is 0. The van der Waals surface area contributed by atoms with Gasteiger partial charge in [0, 0.05) is 25.7 Å². The molecular formula is C11H11N5O3. The molecule has 0 N–H and O–H groups in total. The van der Waals surface area contributed by atoms with Crippen molar-refractivity contribution in [3.63, 3.8) is 0 Å². The van der Waals surface area contributed by atoms with Crippen molar-refractivity contribution in [1.82, 2.24) is 19.7 Å². The molecule has 0 bridgehead atoms. The van der Waals surface area contributed by atoms with E-state index in [0.717, 1.165) is 0 Å². The van der Waals surface area contributed by atoms with Crippen molar-refractivity contribution in [2.75, 3.05) is 14.1 Å². The minimum atomic E-state index is -0.552. The zero-order valence-electron chi connectivity index (χ0n) is 10.3. The van der Waals surface area contributed by atoms with E-state index in [4.69, 9.17) is 0 Å². The largest absolute Gasteiger partial charge is 0.345 e. The zero-order chi connectivity index (χ0) is 14.0. The summed E-state index contributed by atoms with van der Waals surface area (Å²) in [5.74, 6) is -0.298. The molecule has 0 saturated carbocycles. The van der Waals surface area contributed by atoms with Gasteiger partial charge in [-0.15, -0.1) is 0 Å². The average Bonchev–Trinajstić information content (AvgIpc) is 2.90. The number of nitro groups is 1. The topological polar surface area (TPSA) is 94.2 Å². The molecule has 0 saturated heterocycles. The van der Waals surface area contributed by atoms with Crippen molar-refractivity contribution in [3.8, 4) is 5.69 Å². The second-order valence-corrected chi connectivity index (χ2v) is 4.00. The molecule has 0 aliphatic heterocycles. The molecule has 1 heterocycles. The normalized spacial score (nSPS) is 10.2. The SMILES string of the molecule is CN(C)C(=O)c1ccc(-n2cncn2)c([N+](=O)[O-])c1.